The van der Waals surface area contributed by atoms with Gasteiger partial charge in [-0.25, -0.2) is 9.10 Å². The second-order valence-corrected chi connectivity index (χ2v) is 10.9. The van der Waals surface area contributed by atoms with Gasteiger partial charge in [-0.3, -0.25) is 28.6 Å². The monoisotopic (exact) mass is 542 g/mol. The van der Waals surface area contributed by atoms with Gasteiger partial charge < -0.3 is 15.4 Å². The van der Waals surface area contributed by atoms with E-state index in [1.54, 1.807) is 5.38 Å². The Morgan fingerprint density at radius 2 is 2.00 bits per heavy atom. The lowest BCUT2D eigenvalue weighted by molar-refractivity contribution is -0.180. The van der Waals surface area contributed by atoms with Gasteiger partial charge in [-0.1, -0.05) is 11.6 Å². The summed E-state index contributed by atoms with van der Waals surface area (Å²) < 4.78 is 36.5. The lowest BCUT2D eigenvalue weighted by Gasteiger charge is -2.44. The standard InChI is InChI=1S/C21H26N4O9S2/c1-12(2)4-5-13-6-8-24(18(28)17(13)27)20(30)22-14-7-9-35-15(14)10-16(26)23-21(34-3)11-25(19(21)29)36(31,32)33/h4,7,9,13H,5-6,8,10-11H2,1-3H3,(H,22,30)(H,23,26)(H,31,32,33). The summed E-state index contributed by atoms with van der Waals surface area (Å²) in [5.41, 5.74) is -0.688. The highest BCUT2D eigenvalue weighted by molar-refractivity contribution is 7.84. The van der Waals surface area contributed by atoms with Gasteiger partial charge in [0.25, 0.3) is 11.8 Å². The molecule has 2 fully saturated rings. The predicted octanol–water partition coefficient (Wildman–Crippen LogP) is 0.700. The third-order valence-electron chi connectivity index (χ3n) is 5.80. The van der Waals surface area contributed by atoms with E-state index in [2.05, 4.69) is 10.6 Å². The quantitative estimate of drug-likeness (QED) is 0.140. The number of imide groups is 1. The maximum absolute atomic E-state index is 12.7. The number of allylic oxidation sites excluding steroid dienone is 2. The van der Waals surface area contributed by atoms with E-state index in [1.807, 2.05) is 19.9 Å². The Bertz CT molecular complexity index is 1240. The fraction of sp³-hybridized carbons (Fsp3) is 0.476. The van der Waals surface area contributed by atoms with Crippen LogP contribution in [0.2, 0.25) is 0 Å². The van der Waals surface area contributed by atoms with Crippen molar-refractivity contribution in [1.82, 2.24) is 14.5 Å². The Morgan fingerprint density at radius 3 is 2.58 bits per heavy atom. The number of nitrogens with one attached hydrogen (secondary N) is 2. The van der Waals surface area contributed by atoms with E-state index in [1.165, 1.54) is 6.07 Å². The lowest BCUT2D eigenvalue weighted by atomic mass is 9.91. The number of urea groups is 1. The number of piperidine rings is 1. The van der Waals surface area contributed by atoms with Crippen LogP contribution in [0.3, 0.4) is 0 Å². The van der Waals surface area contributed by atoms with Gasteiger partial charge in [-0.15, -0.1) is 11.3 Å². The number of Topliss-reactive ketones (excluding diaryl/α,β-unsaturated/α-hetero) is 1. The summed E-state index contributed by atoms with van der Waals surface area (Å²) in [6.07, 6.45) is 2.34. The molecule has 2 saturated heterocycles. The molecule has 2 aliphatic heterocycles. The molecule has 3 N–H and O–H groups in total. The summed E-state index contributed by atoms with van der Waals surface area (Å²) in [6, 6.07) is 0.708. The number of nitrogens with zero attached hydrogens (tertiary/aromatic N) is 2. The van der Waals surface area contributed by atoms with E-state index in [0.29, 0.717) is 17.7 Å². The first-order valence-electron chi connectivity index (χ1n) is 10.8. The van der Waals surface area contributed by atoms with Crippen LogP contribution in [0.1, 0.15) is 31.6 Å². The number of rotatable bonds is 8. The molecule has 0 aliphatic carbocycles. The molecule has 0 saturated carbocycles. The SMILES string of the molecule is COC1(NC(=O)Cc2sccc2NC(=O)N2CCC(CC=C(C)C)C(=O)C2=O)CN(S(=O)(=O)O)C1=O. The molecule has 3 rings (SSSR count). The van der Waals surface area contributed by atoms with Gasteiger partial charge in [0.05, 0.1) is 18.7 Å². The van der Waals surface area contributed by atoms with Crippen LogP contribution in [0, 0.1) is 5.92 Å². The zero-order valence-electron chi connectivity index (χ0n) is 19.8. The maximum Gasteiger partial charge on any atom is 0.362 e. The van der Waals surface area contributed by atoms with Crippen molar-refractivity contribution in [3.63, 3.8) is 0 Å². The third kappa shape index (κ3) is 5.64. The molecular formula is C21H26N4O9S2. The van der Waals surface area contributed by atoms with Crippen LogP contribution in [-0.2, 0) is 40.6 Å². The first-order valence-corrected chi connectivity index (χ1v) is 13.1. The Labute approximate surface area is 211 Å². The van der Waals surface area contributed by atoms with Crippen molar-refractivity contribution in [3.8, 4) is 0 Å². The molecule has 0 radical (unpaired) electrons. The molecule has 2 atom stereocenters. The van der Waals surface area contributed by atoms with Crippen molar-refractivity contribution in [3.05, 3.63) is 28.0 Å². The van der Waals surface area contributed by atoms with Crippen molar-refractivity contribution in [2.45, 2.75) is 38.8 Å². The number of hydrogen-bond acceptors (Lipinski definition) is 9. The van der Waals surface area contributed by atoms with Crippen LogP contribution >= 0.6 is 11.3 Å². The minimum Gasteiger partial charge on any atom is -0.349 e. The van der Waals surface area contributed by atoms with E-state index in [0.717, 1.165) is 28.9 Å². The normalized spacial score (nSPS) is 22.2. The highest BCUT2D eigenvalue weighted by atomic mass is 32.2. The lowest BCUT2D eigenvalue weighted by Crippen LogP contribution is -2.76. The molecule has 0 spiro atoms. The Hall–Kier alpha value is -3.14. The fourth-order valence-corrected chi connectivity index (χ4v) is 5.27. The molecule has 36 heavy (non-hydrogen) atoms. The average molecular weight is 543 g/mol. The van der Waals surface area contributed by atoms with Gasteiger partial charge in [0.2, 0.25) is 17.4 Å². The summed E-state index contributed by atoms with van der Waals surface area (Å²) in [5, 5.41) is 6.43. The van der Waals surface area contributed by atoms with E-state index in [4.69, 9.17) is 9.29 Å². The number of likely N-dealkylation sites (tertiary alicyclic amines) is 1. The number of anilines is 1. The van der Waals surface area contributed by atoms with E-state index in [9.17, 15) is 32.4 Å². The number of ether oxygens (including phenoxy) is 1. The number of β-lactam (4-membered cyclic amide) rings is 1. The van der Waals surface area contributed by atoms with Crippen LogP contribution < -0.4 is 10.6 Å². The molecule has 2 aliphatic rings. The average Bonchev–Trinajstić information content (AvgIpc) is 3.21. The molecule has 1 aromatic heterocycles. The van der Waals surface area contributed by atoms with E-state index >= 15 is 0 Å². The molecule has 1 aromatic rings. The van der Waals surface area contributed by atoms with Gasteiger partial charge in [-0.2, -0.15) is 8.42 Å². The zero-order valence-corrected chi connectivity index (χ0v) is 21.4. The number of ketones is 1. The van der Waals surface area contributed by atoms with Gasteiger partial charge in [-0.05, 0) is 38.1 Å². The second kappa shape index (κ2) is 10.5. The van der Waals surface area contributed by atoms with Crippen LogP contribution in [0.15, 0.2) is 23.1 Å². The number of carbonyl (C=O) groups is 5. The van der Waals surface area contributed by atoms with Gasteiger partial charge >= 0.3 is 16.3 Å². The molecule has 0 aromatic carbocycles. The molecule has 2 unspecified atom stereocenters. The van der Waals surface area contributed by atoms with Crippen molar-refractivity contribution < 1.29 is 41.7 Å². The second-order valence-electron chi connectivity index (χ2n) is 8.56. The minimum absolute atomic E-state index is 0.0698. The summed E-state index contributed by atoms with van der Waals surface area (Å²) in [4.78, 5) is 63.6. The molecule has 3 heterocycles. The van der Waals surface area contributed by atoms with Crippen molar-refractivity contribution in [1.29, 1.82) is 0 Å². The molecular weight excluding hydrogens is 516 g/mol. The van der Waals surface area contributed by atoms with Crippen molar-refractivity contribution >= 4 is 56.9 Å². The number of methoxy groups -OCH3 is 1. The summed E-state index contributed by atoms with van der Waals surface area (Å²) in [7, 11) is -3.69. The largest absolute Gasteiger partial charge is 0.362 e. The highest BCUT2D eigenvalue weighted by Crippen LogP contribution is 2.28. The van der Waals surface area contributed by atoms with E-state index in [-0.39, 0.29) is 23.0 Å². The van der Waals surface area contributed by atoms with E-state index < -0.39 is 58.0 Å². The van der Waals surface area contributed by atoms with Crippen LogP contribution in [0.4, 0.5) is 10.5 Å². The number of thiophene rings is 1. The first-order chi connectivity index (χ1) is 16.8. The van der Waals surface area contributed by atoms with Gasteiger partial charge in [0.1, 0.15) is 0 Å². The number of amides is 5. The minimum atomic E-state index is -4.78. The Balaban J connectivity index is 1.61. The molecule has 0 bridgehead atoms. The highest BCUT2D eigenvalue weighted by Gasteiger charge is 2.58. The summed E-state index contributed by atoms with van der Waals surface area (Å²) in [5.74, 6) is -3.88. The van der Waals surface area contributed by atoms with Gasteiger partial charge in [0.15, 0.2) is 0 Å². The number of carbonyl (C=O) groups excluding carboxylic acids is 5. The maximum atomic E-state index is 12.7. The smallest absolute Gasteiger partial charge is 0.349 e. The van der Waals surface area contributed by atoms with Crippen LogP contribution in [0.5, 0.6) is 0 Å². The molecule has 13 nitrogen and oxygen atoms in total. The predicted molar refractivity (Wildman–Crippen MR) is 127 cm³/mol. The third-order valence-corrected chi connectivity index (χ3v) is 7.57. The Morgan fingerprint density at radius 1 is 1.31 bits per heavy atom. The van der Waals surface area contributed by atoms with Crippen LogP contribution in [-0.4, -0.2) is 77.6 Å². The molecule has 5 amide bonds. The van der Waals surface area contributed by atoms with Crippen molar-refractivity contribution in [2.24, 2.45) is 5.92 Å². The van der Waals surface area contributed by atoms with Gasteiger partial charge in [0, 0.05) is 24.4 Å². The molecule has 196 valence electrons. The zero-order chi connectivity index (χ0) is 26.8. The Kier molecular flexibility index (Phi) is 7.97. The molecule has 15 heteroatoms. The summed E-state index contributed by atoms with van der Waals surface area (Å²) in [6.45, 7) is 3.24. The topological polar surface area (TPSA) is 179 Å². The first kappa shape index (κ1) is 27.4. The number of hydrogen-bond donors (Lipinski definition) is 3. The fourth-order valence-electron chi connectivity index (χ4n) is 3.74. The summed E-state index contributed by atoms with van der Waals surface area (Å²) >= 11 is 1.12. The van der Waals surface area contributed by atoms with Crippen LogP contribution in [0.25, 0.3) is 0 Å². The van der Waals surface area contributed by atoms with Crippen molar-refractivity contribution in [2.75, 3.05) is 25.5 Å².